The molecule has 14 heavy (non-hydrogen) atoms. The van der Waals surface area contributed by atoms with Crippen LogP contribution in [0.1, 0.15) is 0 Å². The molecule has 0 bridgehead atoms. The first kappa shape index (κ1) is 14.0. The molecule has 0 atom stereocenters. The summed E-state index contributed by atoms with van der Waals surface area (Å²) in [6.07, 6.45) is 0. The Balaban J connectivity index is 0.000000845. The first-order valence-electron chi connectivity index (χ1n) is 3.54. The normalized spacial score (nSPS) is 8.93. The van der Waals surface area contributed by atoms with E-state index in [1.807, 2.05) is 24.3 Å². The summed E-state index contributed by atoms with van der Waals surface area (Å²) in [7, 11) is 0. The second-order valence-electron chi connectivity index (χ2n) is 2.50. The van der Waals surface area contributed by atoms with Gasteiger partial charge in [0.05, 0.1) is 0 Å². The van der Waals surface area contributed by atoms with Gasteiger partial charge in [0.25, 0.3) is 0 Å². The predicted octanol–water partition coefficient (Wildman–Crippen LogP) is 4.13. The Morgan fingerprint density at radius 3 is 2.57 bits per heavy atom. The molecule has 0 aliphatic rings. The Hall–Kier alpha value is 0.0139. The Morgan fingerprint density at radius 2 is 1.86 bits per heavy atom. The van der Waals surface area contributed by atoms with Gasteiger partial charge in [0.1, 0.15) is 0 Å². The maximum absolute atomic E-state index is 7.32. The van der Waals surface area contributed by atoms with Crippen LogP contribution in [0, 0.1) is 7.43 Å². The van der Waals surface area contributed by atoms with Gasteiger partial charge in [-0.3, -0.25) is 0 Å². The molecule has 1 N–H and O–H groups in total. The Kier molecular flexibility index (Phi) is 5.79. The molecule has 0 aliphatic heterocycles. The third kappa shape index (κ3) is 2.75. The Labute approximate surface area is 117 Å². The van der Waals surface area contributed by atoms with Crippen LogP contribution >= 0.6 is 15.9 Å². The van der Waals surface area contributed by atoms with Crippen molar-refractivity contribution in [3.8, 4) is 0 Å². The Bertz CT molecular complexity index is 431. The van der Waals surface area contributed by atoms with Crippen molar-refractivity contribution in [1.82, 2.24) is 4.98 Å². The van der Waals surface area contributed by atoms with Crippen LogP contribution in [0.5, 0.6) is 0 Å². The molecule has 0 aliphatic carbocycles. The minimum atomic E-state index is 0. The zero-order chi connectivity index (χ0) is 8.55. The van der Waals surface area contributed by atoms with Crippen molar-refractivity contribution >= 4 is 32.7 Å². The average molecular weight is 326 g/mol. The summed E-state index contributed by atoms with van der Waals surface area (Å²) in [5.74, 6) is 0.306. The molecular formula is C10H9BrN2Y-2. The molecule has 1 heterocycles. The van der Waals surface area contributed by atoms with Gasteiger partial charge in [-0.05, 0) is 17.0 Å². The molecule has 1 aromatic heterocycles. The fraction of sp³-hybridized carbons (Fsp3) is 0. The van der Waals surface area contributed by atoms with E-state index < -0.39 is 0 Å². The van der Waals surface area contributed by atoms with Crippen molar-refractivity contribution in [2.45, 2.75) is 0 Å². The van der Waals surface area contributed by atoms with Crippen molar-refractivity contribution in [1.29, 1.82) is 0 Å². The van der Waals surface area contributed by atoms with E-state index in [1.165, 1.54) is 0 Å². The van der Waals surface area contributed by atoms with E-state index in [1.54, 1.807) is 6.07 Å². The molecule has 1 aromatic carbocycles. The van der Waals surface area contributed by atoms with E-state index >= 15 is 0 Å². The molecule has 0 saturated heterocycles. The van der Waals surface area contributed by atoms with Gasteiger partial charge in [-0.25, -0.2) is 0 Å². The second-order valence-corrected chi connectivity index (χ2v) is 3.36. The zero-order valence-electron chi connectivity index (χ0n) is 7.79. The summed E-state index contributed by atoms with van der Waals surface area (Å²) < 4.78 is 1.02. The third-order valence-electron chi connectivity index (χ3n) is 1.68. The van der Waals surface area contributed by atoms with Gasteiger partial charge in [0.15, 0.2) is 0 Å². The summed E-state index contributed by atoms with van der Waals surface area (Å²) >= 11 is 3.42. The molecule has 2 rings (SSSR count). The van der Waals surface area contributed by atoms with Gasteiger partial charge < -0.3 is 18.1 Å². The van der Waals surface area contributed by atoms with E-state index in [0.29, 0.717) is 5.82 Å². The second kappa shape index (κ2) is 5.79. The van der Waals surface area contributed by atoms with Gasteiger partial charge in [-0.1, -0.05) is 46.0 Å². The van der Waals surface area contributed by atoms with E-state index in [4.69, 9.17) is 5.73 Å². The Morgan fingerprint density at radius 1 is 1.14 bits per heavy atom. The van der Waals surface area contributed by atoms with Crippen molar-refractivity contribution < 1.29 is 32.7 Å². The first-order valence-corrected chi connectivity index (χ1v) is 4.33. The SMILES string of the molecule is [CH3-].[NH-]c1ccc2c(Br)cccc2n1.[Y]. The van der Waals surface area contributed by atoms with E-state index in [2.05, 4.69) is 20.9 Å². The van der Waals surface area contributed by atoms with Crippen LogP contribution in [0.25, 0.3) is 16.6 Å². The molecule has 0 amide bonds. The van der Waals surface area contributed by atoms with Gasteiger partial charge >= 0.3 is 0 Å². The third-order valence-corrected chi connectivity index (χ3v) is 2.37. The maximum atomic E-state index is 7.32. The molecule has 71 valence electrons. The number of rotatable bonds is 0. The van der Waals surface area contributed by atoms with Crippen molar-refractivity contribution in [3.63, 3.8) is 0 Å². The topological polar surface area (TPSA) is 36.7 Å². The number of benzene rings is 1. The number of hydrogen-bond donors (Lipinski definition) is 0. The molecule has 0 saturated carbocycles. The number of fused-ring (bicyclic) bond motifs is 1. The summed E-state index contributed by atoms with van der Waals surface area (Å²) in [4.78, 5) is 4.07. The largest absolute Gasteiger partial charge is 0.482 e. The van der Waals surface area contributed by atoms with Gasteiger partial charge in [0, 0.05) is 37.2 Å². The zero-order valence-corrected chi connectivity index (χ0v) is 12.2. The molecule has 0 fully saturated rings. The van der Waals surface area contributed by atoms with Crippen molar-refractivity contribution in [3.05, 3.63) is 48.0 Å². The predicted molar refractivity (Wildman–Crippen MR) is 59.8 cm³/mol. The van der Waals surface area contributed by atoms with E-state index in [-0.39, 0.29) is 40.1 Å². The molecule has 2 aromatic rings. The molecule has 0 unspecified atom stereocenters. The molecule has 0 spiro atoms. The van der Waals surface area contributed by atoms with E-state index in [0.717, 1.165) is 15.4 Å². The smallest absolute Gasteiger partial charge is 0.0250 e. The number of pyridine rings is 1. The minimum Gasteiger partial charge on any atom is -0.482 e. The van der Waals surface area contributed by atoms with Crippen LogP contribution in [-0.4, -0.2) is 4.98 Å². The van der Waals surface area contributed by atoms with Crippen LogP contribution in [0.3, 0.4) is 0 Å². The van der Waals surface area contributed by atoms with Crippen LogP contribution in [0.2, 0.25) is 0 Å². The van der Waals surface area contributed by atoms with Gasteiger partial charge in [-0.15, -0.1) is 0 Å². The number of hydrogen-bond acceptors (Lipinski definition) is 1. The van der Waals surface area contributed by atoms with Crippen molar-refractivity contribution in [2.75, 3.05) is 0 Å². The molecular weight excluding hydrogens is 317 g/mol. The standard InChI is InChI=1S/C9H6BrN2.CH3.Y/c10-7-2-1-3-8-6(7)4-5-9(11)12-8;;/h1-5H,(H-,11,12);1H3;/q2*-1;. The maximum Gasteiger partial charge on any atom is 0.0250 e. The molecule has 1 radical (unpaired) electrons. The average Bonchev–Trinajstić information content (AvgIpc) is 2.04. The van der Waals surface area contributed by atoms with Crippen LogP contribution in [-0.2, 0) is 32.7 Å². The molecule has 4 heteroatoms. The van der Waals surface area contributed by atoms with Crippen LogP contribution in [0.15, 0.2) is 34.8 Å². The first-order chi connectivity index (χ1) is 5.77. The molecule has 2 nitrogen and oxygen atoms in total. The summed E-state index contributed by atoms with van der Waals surface area (Å²) in [6, 6.07) is 9.37. The number of aromatic nitrogens is 1. The fourth-order valence-corrected chi connectivity index (χ4v) is 1.61. The number of halogens is 1. The van der Waals surface area contributed by atoms with Gasteiger partial charge in [0.2, 0.25) is 0 Å². The number of nitrogens with one attached hydrogen (secondary N) is 1. The fourth-order valence-electron chi connectivity index (χ4n) is 1.12. The minimum absolute atomic E-state index is 0. The summed E-state index contributed by atoms with van der Waals surface area (Å²) in [5, 5.41) is 1.05. The van der Waals surface area contributed by atoms with Crippen molar-refractivity contribution in [2.24, 2.45) is 0 Å². The monoisotopic (exact) mass is 325 g/mol. The summed E-state index contributed by atoms with van der Waals surface area (Å²) in [6.45, 7) is 0. The van der Waals surface area contributed by atoms with Gasteiger partial charge in [-0.2, -0.15) is 0 Å². The summed E-state index contributed by atoms with van der Waals surface area (Å²) in [5.41, 5.74) is 8.18. The van der Waals surface area contributed by atoms with Crippen LogP contribution in [0.4, 0.5) is 5.82 Å². The van der Waals surface area contributed by atoms with Crippen LogP contribution < -0.4 is 0 Å². The number of nitrogens with zero attached hydrogens (tertiary/aromatic N) is 1. The quantitative estimate of drug-likeness (QED) is 0.671. The van der Waals surface area contributed by atoms with E-state index in [9.17, 15) is 0 Å².